The molecule has 0 aliphatic rings. The summed E-state index contributed by atoms with van der Waals surface area (Å²) in [6.45, 7) is 1.23. The standard InChI is InChI=1S/C12H6ClF4NO/c1-5(19)7-4-18-10-3-8(12(15,16)17)9(14)2-6(10)11(7)13/h2-4H,1H3. The number of fused-ring (bicyclic) bond motifs is 1. The molecule has 0 atom stereocenters. The van der Waals surface area contributed by atoms with Crippen molar-refractivity contribution in [2.45, 2.75) is 13.1 Å². The Balaban J connectivity index is 2.79. The van der Waals surface area contributed by atoms with E-state index in [1.807, 2.05) is 0 Å². The summed E-state index contributed by atoms with van der Waals surface area (Å²) in [6.07, 6.45) is -3.74. The van der Waals surface area contributed by atoms with Gasteiger partial charge in [0.05, 0.1) is 21.7 Å². The number of ketones is 1. The number of alkyl halides is 3. The first-order chi connectivity index (χ1) is 8.71. The molecule has 2 aromatic rings. The average molecular weight is 292 g/mol. The molecule has 2 rings (SSSR count). The molecule has 1 aromatic carbocycles. The summed E-state index contributed by atoms with van der Waals surface area (Å²) in [5.41, 5.74) is -1.50. The summed E-state index contributed by atoms with van der Waals surface area (Å²) in [4.78, 5) is 14.9. The minimum atomic E-state index is -4.81. The highest BCUT2D eigenvalue weighted by Crippen LogP contribution is 2.35. The Labute approximate surface area is 110 Å². The molecule has 0 aliphatic heterocycles. The number of aromatic nitrogens is 1. The number of hydrogen-bond donors (Lipinski definition) is 0. The van der Waals surface area contributed by atoms with E-state index in [-0.39, 0.29) is 21.5 Å². The Morgan fingerprint density at radius 1 is 1.32 bits per heavy atom. The van der Waals surface area contributed by atoms with Gasteiger partial charge < -0.3 is 0 Å². The van der Waals surface area contributed by atoms with Crippen molar-refractivity contribution >= 4 is 28.3 Å². The second kappa shape index (κ2) is 4.45. The van der Waals surface area contributed by atoms with Crippen LogP contribution in [0.25, 0.3) is 10.9 Å². The van der Waals surface area contributed by atoms with Crippen LogP contribution in [0.2, 0.25) is 5.02 Å². The molecule has 19 heavy (non-hydrogen) atoms. The van der Waals surface area contributed by atoms with Crippen molar-refractivity contribution in [3.8, 4) is 0 Å². The normalized spacial score (nSPS) is 11.9. The topological polar surface area (TPSA) is 30.0 Å². The Kier molecular flexibility index (Phi) is 3.22. The van der Waals surface area contributed by atoms with Gasteiger partial charge in [-0.15, -0.1) is 0 Å². The number of carbonyl (C=O) groups excluding carboxylic acids is 1. The maximum atomic E-state index is 13.4. The van der Waals surface area contributed by atoms with Gasteiger partial charge in [0.2, 0.25) is 0 Å². The molecular formula is C12H6ClF4NO. The van der Waals surface area contributed by atoms with Gasteiger partial charge in [0.15, 0.2) is 5.78 Å². The number of nitrogens with zero attached hydrogens (tertiary/aromatic N) is 1. The Bertz CT molecular complexity index is 681. The summed E-state index contributed by atoms with van der Waals surface area (Å²) < 4.78 is 51.0. The molecular weight excluding hydrogens is 286 g/mol. The summed E-state index contributed by atoms with van der Waals surface area (Å²) in [5, 5.41) is -0.134. The van der Waals surface area contributed by atoms with Crippen molar-refractivity contribution in [3.63, 3.8) is 0 Å². The van der Waals surface area contributed by atoms with Crippen LogP contribution in [0.15, 0.2) is 18.3 Å². The van der Waals surface area contributed by atoms with E-state index in [1.54, 1.807) is 0 Å². The second-order valence-corrected chi connectivity index (χ2v) is 4.27. The third-order valence-electron chi connectivity index (χ3n) is 2.58. The van der Waals surface area contributed by atoms with Crippen molar-refractivity contribution in [2.75, 3.05) is 0 Å². The van der Waals surface area contributed by atoms with Gasteiger partial charge in [-0.1, -0.05) is 11.6 Å². The highest BCUT2D eigenvalue weighted by atomic mass is 35.5. The third kappa shape index (κ3) is 2.40. The van der Waals surface area contributed by atoms with Crippen LogP contribution in [0.5, 0.6) is 0 Å². The van der Waals surface area contributed by atoms with Gasteiger partial charge >= 0.3 is 6.18 Å². The van der Waals surface area contributed by atoms with E-state index in [9.17, 15) is 22.4 Å². The van der Waals surface area contributed by atoms with Gasteiger partial charge in [0, 0.05) is 11.6 Å². The van der Waals surface area contributed by atoms with E-state index < -0.39 is 23.3 Å². The van der Waals surface area contributed by atoms with Crippen molar-refractivity contribution in [2.24, 2.45) is 0 Å². The monoisotopic (exact) mass is 291 g/mol. The van der Waals surface area contributed by atoms with E-state index in [0.29, 0.717) is 12.1 Å². The van der Waals surface area contributed by atoms with Gasteiger partial charge in [-0.25, -0.2) is 4.39 Å². The molecule has 0 saturated heterocycles. The van der Waals surface area contributed by atoms with E-state index >= 15 is 0 Å². The lowest BCUT2D eigenvalue weighted by atomic mass is 10.1. The van der Waals surface area contributed by atoms with Crippen molar-refractivity contribution in [1.82, 2.24) is 4.98 Å². The summed E-state index contributed by atoms with van der Waals surface area (Å²) in [6, 6.07) is 1.21. The third-order valence-corrected chi connectivity index (χ3v) is 2.98. The van der Waals surface area contributed by atoms with Gasteiger partial charge in [-0.05, 0) is 19.1 Å². The first kappa shape index (κ1) is 13.7. The molecule has 0 unspecified atom stereocenters. The van der Waals surface area contributed by atoms with Crippen molar-refractivity contribution in [1.29, 1.82) is 0 Å². The quantitative estimate of drug-likeness (QED) is 0.581. The molecule has 0 radical (unpaired) electrons. The van der Waals surface area contributed by atoms with Gasteiger partial charge in [0.1, 0.15) is 5.82 Å². The van der Waals surface area contributed by atoms with Crippen LogP contribution in [0.1, 0.15) is 22.8 Å². The minimum Gasteiger partial charge on any atom is -0.294 e. The molecule has 1 aromatic heterocycles. The molecule has 7 heteroatoms. The van der Waals surface area contributed by atoms with Crippen LogP contribution in [0.3, 0.4) is 0 Å². The number of halogens is 5. The first-order valence-corrected chi connectivity index (χ1v) is 5.45. The molecule has 0 fully saturated rings. The molecule has 0 N–H and O–H groups in total. The molecule has 0 bridgehead atoms. The number of hydrogen-bond acceptors (Lipinski definition) is 2. The van der Waals surface area contributed by atoms with Gasteiger partial charge in [-0.2, -0.15) is 13.2 Å². The lowest BCUT2D eigenvalue weighted by Gasteiger charge is -2.10. The Hall–Kier alpha value is -1.69. The number of rotatable bonds is 1. The van der Waals surface area contributed by atoms with Crippen LogP contribution in [-0.4, -0.2) is 10.8 Å². The number of Topliss-reactive ketones (excluding diaryl/α,β-unsaturated/α-hetero) is 1. The predicted molar refractivity (Wildman–Crippen MR) is 61.7 cm³/mol. The van der Waals surface area contributed by atoms with E-state index in [0.717, 1.165) is 6.20 Å². The molecule has 0 amide bonds. The smallest absolute Gasteiger partial charge is 0.294 e. The predicted octanol–water partition coefficient (Wildman–Crippen LogP) is 4.25. The fraction of sp³-hybridized carbons (Fsp3) is 0.167. The summed E-state index contributed by atoms with van der Waals surface area (Å²) in [7, 11) is 0. The molecule has 0 saturated carbocycles. The zero-order valence-corrected chi connectivity index (χ0v) is 10.2. The molecule has 100 valence electrons. The zero-order valence-electron chi connectivity index (χ0n) is 9.48. The summed E-state index contributed by atoms with van der Waals surface area (Å²) in [5.74, 6) is -1.86. The number of carbonyl (C=O) groups is 1. The molecule has 1 heterocycles. The van der Waals surface area contributed by atoms with Gasteiger partial charge in [0.25, 0.3) is 0 Å². The zero-order chi connectivity index (χ0) is 14.4. The molecule has 2 nitrogen and oxygen atoms in total. The molecule has 0 spiro atoms. The number of benzene rings is 1. The maximum Gasteiger partial charge on any atom is 0.419 e. The van der Waals surface area contributed by atoms with Gasteiger partial charge in [-0.3, -0.25) is 9.78 Å². The minimum absolute atomic E-state index is 0.0279. The number of pyridine rings is 1. The van der Waals surface area contributed by atoms with Crippen LogP contribution in [0.4, 0.5) is 17.6 Å². The average Bonchev–Trinajstić information content (AvgIpc) is 2.27. The van der Waals surface area contributed by atoms with Crippen LogP contribution in [0, 0.1) is 5.82 Å². The SMILES string of the molecule is CC(=O)c1cnc2cc(C(F)(F)F)c(F)cc2c1Cl. The van der Waals surface area contributed by atoms with Crippen LogP contribution >= 0.6 is 11.6 Å². The lowest BCUT2D eigenvalue weighted by molar-refractivity contribution is -0.139. The highest BCUT2D eigenvalue weighted by Gasteiger charge is 2.34. The molecule has 0 aliphatic carbocycles. The summed E-state index contributed by atoms with van der Waals surface area (Å²) >= 11 is 5.87. The highest BCUT2D eigenvalue weighted by molar-refractivity contribution is 6.38. The lowest BCUT2D eigenvalue weighted by Crippen LogP contribution is -2.08. The first-order valence-electron chi connectivity index (χ1n) is 5.07. The van der Waals surface area contributed by atoms with Crippen LogP contribution in [-0.2, 0) is 6.18 Å². The fourth-order valence-electron chi connectivity index (χ4n) is 1.64. The van der Waals surface area contributed by atoms with E-state index in [2.05, 4.69) is 4.98 Å². The van der Waals surface area contributed by atoms with Crippen molar-refractivity contribution < 1.29 is 22.4 Å². The van der Waals surface area contributed by atoms with E-state index in [1.165, 1.54) is 6.92 Å². The second-order valence-electron chi connectivity index (χ2n) is 3.89. The van der Waals surface area contributed by atoms with Crippen molar-refractivity contribution in [3.05, 3.63) is 40.3 Å². The fourth-order valence-corrected chi connectivity index (χ4v) is 1.98. The Morgan fingerprint density at radius 2 is 1.95 bits per heavy atom. The largest absolute Gasteiger partial charge is 0.419 e. The Morgan fingerprint density at radius 3 is 2.47 bits per heavy atom. The maximum absolute atomic E-state index is 13.4. The van der Waals surface area contributed by atoms with E-state index in [4.69, 9.17) is 11.6 Å². The van der Waals surface area contributed by atoms with Crippen LogP contribution < -0.4 is 0 Å².